The Morgan fingerprint density at radius 1 is 1.38 bits per heavy atom. The Morgan fingerprint density at radius 3 is 3.12 bits per heavy atom. The number of hydrogen-bond donors (Lipinski definition) is 0. The van der Waals surface area contributed by atoms with Gasteiger partial charge in [0.25, 0.3) is 0 Å². The van der Waals surface area contributed by atoms with Crippen LogP contribution in [0.5, 0.6) is 5.75 Å². The van der Waals surface area contributed by atoms with E-state index in [9.17, 15) is 0 Å². The van der Waals surface area contributed by atoms with Crippen LogP contribution in [0.1, 0.15) is 13.9 Å². The van der Waals surface area contributed by atoms with Crippen LogP contribution in [-0.4, -0.2) is 17.0 Å². The summed E-state index contributed by atoms with van der Waals surface area (Å²) in [6.45, 7) is -2.38. The molecule has 0 aromatic carbocycles. The molecule has 0 aliphatic carbocycles. The maximum atomic E-state index is 7.38. The van der Waals surface area contributed by atoms with E-state index in [1.165, 1.54) is 30.6 Å². The van der Waals surface area contributed by atoms with Crippen molar-refractivity contribution < 1.29 is 13.0 Å². The summed E-state index contributed by atoms with van der Waals surface area (Å²) < 4.78 is 48.6. The fourth-order valence-corrected chi connectivity index (χ4v) is 1.48. The molecule has 0 aliphatic heterocycles. The highest BCUT2D eigenvalue weighted by Gasteiger charge is 2.07. The van der Waals surface area contributed by atoms with Crippen molar-refractivity contribution >= 4 is 11.6 Å². The summed E-state index contributed by atoms with van der Waals surface area (Å²) in [6, 6.07) is 4.28. The quantitative estimate of drug-likeness (QED) is 0.757. The molecule has 0 atom stereocenters. The van der Waals surface area contributed by atoms with Crippen molar-refractivity contribution in [1.29, 1.82) is 0 Å². The van der Waals surface area contributed by atoms with Crippen molar-refractivity contribution in [3.05, 3.63) is 41.4 Å². The fourth-order valence-electron chi connectivity index (χ4n) is 1.32. The third-order valence-electron chi connectivity index (χ3n) is 2.01. The van der Waals surface area contributed by atoms with Crippen LogP contribution in [-0.2, 0) is 0 Å². The number of halogens is 1. The molecule has 0 N–H and O–H groups in total. The molecule has 2 heterocycles. The molecule has 0 amide bonds. The minimum atomic E-state index is -2.66. The maximum Gasteiger partial charge on any atom is 0.145 e. The van der Waals surface area contributed by atoms with Crippen molar-refractivity contribution in [2.24, 2.45) is 0 Å². The lowest BCUT2D eigenvalue weighted by molar-refractivity contribution is 0.414. The van der Waals surface area contributed by atoms with Gasteiger partial charge in [-0.25, -0.2) is 4.98 Å². The molecule has 2 rings (SSSR count). The second kappa shape index (κ2) is 4.49. The number of aryl methyl sites for hydroxylation is 1. The fraction of sp³-hybridized carbons (Fsp3) is 0.167. The van der Waals surface area contributed by atoms with Gasteiger partial charge in [-0.15, -0.1) is 0 Å². The van der Waals surface area contributed by atoms with Crippen molar-refractivity contribution in [2.75, 3.05) is 7.04 Å². The summed E-state index contributed by atoms with van der Waals surface area (Å²) in [5, 5.41) is 0.125. The van der Waals surface area contributed by atoms with E-state index in [4.69, 9.17) is 24.6 Å². The monoisotopic (exact) mass is 240 g/mol. The first-order chi connectivity index (χ1) is 10.1. The SMILES string of the molecule is [2H]C([2H])([2H])Oc1cnc(Cl)cc1-c1ccnc(C([2H])([2H])[2H])c1. The molecular weight excluding hydrogens is 224 g/mol. The van der Waals surface area contributed by atoms with Gasteiger partial charge in [-0.05, 0) is 30.6 Å². The van der Waals surface area contributed by atoms with Crippen molar-refractivity contribution in [2.45, 2.75) is 6.85 Å². The number of aromatic nitrogens is 2. The van der Waals surface area contributed by atoms with E-state index in [-0.39, 0.29) is 16.6 Å². The average molecular weight is 241 g/mol. The highest BCUT2D eigenvalue weighted by atomic mass is 35.5. The molecule has 0 bridgehead atoms. The number of hydrogen-bond acceptors (Lipinski definition) is 3. The first-order valence-corrected chi connectivity index (χ1v) is 4.75. The van der Waals surface area contributed by atoms with Gasteiger partial charge in [-0.3, -0.25) is 4.98 Å². The van der Waals surface area contributed by atoms with E-state index in [2.05, 4.69) is 9.97 Å². The summed E-state index contributed by atoms with van der Waals surface area (Å²) >= 11 is 5.83. The van der Waals surface area contributed by atoms with Gasteiger partial charge in [0.05, 0.1) is 17.3 Å². The summed E-state index contributed by atoms with van der Waals surface area (Å²) in [7, 11) is -2.66. The van der Waals surface area contributed by atoms with E-state index in [1.54, 1.807) is 0 Å². The highest BCUT2D eigenvalue weighted by Crippen LogP contribution is 2.30. The lowest BCUT2D eigenvalue weighted by atomic mass is 10.1. The number of nitrogens with zero attached hydrogens (tertiary/aromatic N) is 2. The summed E-state index contributed by atoms with van der Waals surface area (Å²) in [5.41, 5.74) is 0.631. The second-order valence-electron chi connectivity index (χ2n) is 3.04. The van der Waals surface area contributed by atoms with E-state index in [0.29, 0.717) is 11.1 Å². The highest BCUT2D eigenvalue weighted by molar-refractivity contribution is 6.29. The van der Waals surface area contributed by atoms with Crippen LogP contribution in [0, 0.1) is 6.85 Å². The predicted molar refractivity (Wildman–Crippen MR) is 63.8 cm³/mol. The Morgan fingerprint density at radius 2 is 2.31 bits per heavy atom. The zero-order valence-corrected chi connectivity index (χ0v) is 8.82. The zero-order valence-electron chi connectivity index (χ0n) is 14.1. The Balaban J connectivity index is 2.54. The van der Waals surface area contributed by atoms with Crippen LogP contribution in [0.25, 0.3) is 11.1 Å². The summed E-state index contributed by atoms with van der Waals surface area (Å²) in [4.78, 5) is 7.58. The van der Waals surface area contributed by atoms with E-state index >= 15 is 0 Å². The summed E-state index contributed by atoms with van der Waals surface area (Å²) in [5.74, 6) is -0.0212. The van der Waals surface area contributed by atoms with Gasteiger partial charge in [-0.1, -0.05) is 11.6 Å². The molecule has 0 unspecified atom stereocenters. The minimum Gasteiger partial charge on any atom is -0.494 e. The van der Waals surface area contributed by atoms with Crippen molar-refractivity contribution in [3.8, 4) is 16.9 Å². The van der Waals surface area contributed by atoms with Gasteiger partial charge in [-0.2, -0.15) is 0 Å². The zero-order chi connectivity index (χ0) is 16.5. The average Bonchev–Trinajstić information content (AvgIpc) is 2.38. The Bertz CT molecular complexity index is 686. The molecule has 0 radical (unpaired) electrons. The Hall–Kier alpha value is -1.61. The molecule has 0 spiro atoms. The third-order valence-corrected chi connectivity index (χ3v) is 2.22. The predicted octanol–water partition coefficient (Wildman–Crippen LogP) is 3.11. The third kappa shape index (κ3) is 2.14. The first-order valence-electron chi connectivity index (χ1n) is 7.38. The molecule has 0 aliphatic rings. The maximum absolute atomic E-state index is 7.38. The molecule has 2 aromatic heterocycles. The molecule has 4 heteroatoms. The number of rotatable bonds is 2. The van der Waals surface area contributed by atoms with Crippen LogP contribution in [0.2, 0.25) is 5.15 Å². The van der Waals surface area contributed by atoms with Gasteiger partial charge in [0.15, 0.2) is 0 Å². The number of ether oxygens (including phenoxy) is 1. The van der Waals surface area contributed by atoms with Gasteiger partial charge < -0.3 is 4.74 Å². The molecule has 2 aromatic rings. The standard InChI is InChI=1S/C12H11ClN2O/c1-8-5-9(3-4-14-8)10-6-12(13)15-7-11(10)16-2/h3-7H,1-2H3/i1D3,2D3. The smallest absolute Gasteiger partial charge is 0.145 e. The van der Waals surface area contributed by atoms with Gasteiger partial charge in [0.1, 0.15) is 10.9 Å². The molecule has 16 heavy (non-hydrogen) atoms. The second-order valence-corrected chi connectivity index (χ2v) is 3.42. The lowest BCUT2D eigenvalue weighted by Crippen LogP contribution is -1.91. The number of pyridine rings is 2. The van der Waals surface area contributed by atoms with Crippen LogP contribution in [0.3, 0.4) is 0 Å². The first kappa shape index (κ1) is 5.64. The van der Waals surface area contributed by atoms with Gasteiger partial charge in [0.2, 0.25) is 0 Å². The molecule has 0 fully saturated rings. The normalized spacial score (nSPS) is 17.3. The molecule has 0 saturated carbocycles. The van der Waals surface area contributed by atoms with Crippen molar-refractivity contribution in [3.63, 3.8) is 0 Å². The largest absolute Gasteiger partial charge is 0.494 e. The van der Waals surface area contributed by atoms with Crippen molar-refractivity contribution in [1.82, 2.24) is 9.97 Å². The Labute approximate surface area is 108 Å². The van der Waals surface area contributed by atoms with Crippen LogP contribution < -0.4 is 4.74 Å². The Kier molecular flexibility index (Phi) is 1.58. The van der Waals surface area contributed by atoms with Crippen LogP contribution in [0.4, 0.5) is 0 Å². The van der Waals surface area contributed by atoms with Gasteiger partial charge >= 0.3 is 0 Å². The van der Waals surface area contributed by atoms with Crippen LogP contribution in [0.15, 0.2) is 30.6 Å². The molecule has 0 saturated heterocycles. The lowest BCUT2D eigenvalue weighted by Gasteiger charge is -2.08. The number of methoxy groups -OCH3 is 1. The van der Waals surface area contributed by atoms with E-state index in [1.807, 2.05) is 0 Å². The topological polar surface area (TPSA) is 35.0 Å². The summed E-state index contributed by atoms with van der Waals surface area (Å²) in [6.07, 6.45) is 2.50. The molecule has 82 valence electrons. The van der Waals surface area contributed by atoms with Gasteiger partial charge in [0, 0.05) is 21.6 Å². The van der Waals surface area contributed by atoms with E-state index < -0.39 is 13.9 Å². The molecule has 3 nitrogen and oxygen atoms in total. The minimum absolute atomic E-state index is 0.0212. The molecular formula is C12H11ClN2O. The van der Waals surface area contributed by atoms with Crippen LogP contribution >= 0.6 is 11.6 Å². The van der Waals surface area contributed by atoms with E-state index in [0.717, 1.165) is 0 Å².